The average Bonchev–Trinajstić information content (AvgIpc) is 2.39. The summed E-state index contributed by atoms with van der Waals surface area (Å²) in [6.07, 6.45) is 1.76. The highest BCUT2D eigenvalue weighted by molar-refractivity contribution is 5.97. The molecule has 1 aromatic carbocycles. The third-order valence-corrected chi connectivity index (χ3v) is 3.55. The highest BCUT2D eigenvalue weighted by atomic mass is 19.1. The molecule has 1 heterocycles. The first kappa shape index (κ1) is 13.8. The quantitative estimate of drug-likeness (QED) is 0.881. The molecule has 1 aromatic rings. The largest absolute Gasteiger partial charge is 0.507 e. The molecular weight excluding hydrogens is 249 g/mol. The maximum absolute atomic E-state index is 13.6. The van der Waals surface area contributed by atoms with E-state index in [0.29, 0.717) is 19.1 Å². The first-order valence-corrected chi connectivity index (χ1v) is 6.45. The van der Waals surface area contributed by atoms with Crippen molar-refractivity contribution >= 4 is 5.91 Å². The molecule has 0 spiro atoms. The minimum atomic E-state index is -0.711. The molecule has 19 heavy (non-hydrogen) atoms. The first-order chi connectivity index (χ1) is 9.09. The Hall–Kier alpha value is -1.62. The van der Waals surface area contributed by atoms with Crippen LogP contribution in [-0.2, 0) is 4.74 Å². The highest BCUT2D eigenvalue weighted by Gasteiger charge is 2.24. The lowest BCUT2D eigenvalue weighted by atomic mass is 9.92. The van der Waals surface area contributed by atoms with Gasteiger partial charge < -0.3 is 15.2 Å². The van der Waals surface area contributed by atoms with Gasteiger partial charge in [0.15, 0.2) is 0 Å². The normalized spacial score (nSPS) is 18.0. The lowest BCUT2D eigenvalue weighted by Gasteiger charge is -2.28. The number of nitrogens with one attached hydrogen (secondary N) is 1. The van der Waals surface area contributed by atoms with Crippen molar-refractivity contribution in [2.75, 3.05) is 13.2 Å². The van der Waals surface area contributed by atoms with E-state index in [0.717, 1.165) is 18.9 Å². The van der Waals surface area contributed by atoms with Gasteiger partial charge in [0.2, 0.25) is 0 Å². The number of hydrogen-bond acceptors (Lipinski definition) is 3. The number of carbonyl (C=O) groups excluding carboxylic acids is 1. The molecule has 104 valence electrons. The maximum Gasteiger partial charge on any atom is 0.258 e. The van der Waals surface area contributed by atoms with Crippen LogP contribution in [0.3, 0.4) is 0 Å². The first-order valence-electron chi connectivity index (χ1n) is 6.45. The summed E-state index contributed by atoms with van der Waals surface area (Å²) in [5, 5.41) is 12.3. The SMILES string of the molecule is CC(NC(=O)c1c(O)cccc1F)C1CCOCC1. The van der Waals surface area contributed by atoms with Gasteiger partial charge in [0, 0.05) is 19.3 Å². The van der Waals surface area contributed by atoms with Crippen LogP contribution >= 0.6 is 0 Å². The number of phenols is 1. The van der Waals surface area contributed by atoms with E-state index < -0.39 is 11.7 Å². The van der Waals surface area contributed by atoms with Crippen molar-refractivity contribution in [1.82, 2.24) is 5.32 Å². The molecule has 0 aliphatic carbocycles. The van der Waals surface area contributed by atoms with Crippen LogP contribution in [0.4, 0.5) is 4.39 Å². The van der Waals surface area contributed by atoms with E-state index in [2.05, 4.69) is 5.32 Å². The number of benzene rings is 1. The van der Waals surface area contributed by atoms with Gasteiger partial charge >= 0.3 is 0 Å². The summed E-state index contributed by atoms with van der Waals surface area (Å²) in [7, 11) is 0. The summed E-state index contributed by atoms with van der Waals surface area (Å²) in [6.45, 7) is 3.28. The number of amides is 1. The van der Waals surface area contributed by atoms with Gasteiger partial charge in [0.1, 0.15) is 17.1 Å². The Balaban J connectivity index is 2.04. The molecule has 1 aliphatic heterocycles. The molecule has 5 heteroatoms. The summed E-state index contributed by atoms with van der Waals surface area (Å²) in [4.78, 5) is 12.0. The van der Waals surface area contributed by atoms with E-state index in [1.807, 2.05) is 6.92 Å². The van der Waals surface area contributed by atoms with Crippen molar-refractivity contribution in [3.05, 3.63) is 29.6 Å². The minimum Gasteiger partial charge on any atom is -0.507 e. The average molecular weight is 267 g/mol. The van der Waals surface area contributed by atoms with Crippen LogP contribution < -0.4 is 5.32 Å². The summed E-state index contributed by atoms with van der Waals surface area (Å²) in [6, 6.07) is 3.75. The number of hydrogen-bond donors (Lipinski definition) is 2. The molecular formula is C14H18FNO3. The van der Waals surface area contributed by atoms with Crippen molar-refractivity contribution in [3.8, 4) is 5.75 Å². The number of halogens is 1. The lowest BCUT2D eigenvalue weighted by molar-refractivity contribution is 0.0537. The molecule has 1 amide bonds. The fourth-order valence-electron chi connectivity index (χ4n) is 2.35. The van der Waals surface area contributed by atoms with Crippen LogP contribution in [0.15, 0.2) is 18.2 Å². The van der Waals surface area contributed by atoms with Crippen LogP contribution in [0.2, 0.25) is 0 Å². The van der Waals surface area contributed by atoms with Crippen LogP contribution in [0.1, 0.15) is 30.1 Å². The van der Waals surface area contributed by atoms with Crippen molar-refractivity contribution in [2.45, 2.75) is 25.8 Å². The maximum atomic E-state index is 13.6. The molecule has 0 bridgehead atoms. The Labute approximate surface area is 111 Å². The topological polar surface area (TPSA) is 58.6 Å². The monoisotopic (exact) mass is 267 g/mol. The zero-order valence-electron chi connectivity index (χ0n) is 10.9. The molecule has 1 atom stereocenters. The Morgan fingerprint density at radius 3 is 2.79 bits per heavy atom. The zero-order valence-corrected chi connectivity index (χ0v) is 10.9. The lowest BCUT2D eigenvalue weighted by Crippen LogP contribution is -2.40. The molecule has 1 unspecified atom stereocenters. The third kappa shape index (κ3) is 3.23. The molecule has 0 radical (unpaired) electrons. The molecule has 1 saturated heterocycles. The van der Waals surface area contributed by atoms with E-state index >= 15 is 0 Å². The van der Waals surface area contributed by atoms with Gasteiger partial charge in [-0.3, -0.25) is 4.79 Å². The van der Waals surface area contributed by atoms with Crippen LogP contribution in [0.5, 0.6) is 5.75 Å². The molecule has 2 rings (SSSR count). The number of carbonyl (C=O) groups is 1. The molecule has 0 aromatic heterocycles. The molecule has 1 aliphatic rings. The second kappa shape index (κ2) is 6.02. The molecule has 1 fully saturated rings. The minimum absolute atomic E-state index is 0.0737. The predicted molar refractivity (Wildman–Crippen MR) is 68.5 cm³/mol. The molecule has 2 N–H and O–H groups in total. The number of rotatable bonds is 3. The van der Waals surface area contributed by atoms with Gasteiger partial charge in [-0.1, -0.05) is 6.07 Å². The smallest absolute Gasteiger partial charge is 0.258 e. The Kier molecular flexibility index (Phi) is 4.37. The fourth-order valence-corrected chi connectivity index (χ4v) is 2.35. The summed E-state index contributed by atoms with van der Waals surface area (Å²) in [5.74, 6) is -1.30. The summed E-state index contributed by atoms with van der Waals surface area (Å²) < 4.78 is 18.8. The molecule has 4 nitrogen and oxygen atoms in total. The summed E-state index contributed by atoms with van der Waals surface area (Å²) >= 11 is 0. The Morgan fingerprint density at radius 1 is 1.47 bits per heavy atom. The van der Waals surface area contributed by atoms with Gasteiger partial charge in [-0.25, -0.2) is 4.39 Å². The van der Waals surface area contributed by atoms with Crippen LogP contribution in [-0.4, -0.2) is 30.3 Å². The van der Waals surface area contributed by atoms with Crippen molar-refractivity contribution in [3.63, 3.8) is 0 Å². The van der Waals surface area contributed by atoms with Gasteiger partial charge in [0.25, 0.3) is 5.91 Å². The Morgan fingerprint density at radius 2 is 2.16 bits per heavy atom. The standard InChI is InChI=1S/C14H18FNO3/c1-9(10-5-7-19-8-6-10)16-14(18)13-11(15)3-2-4-12(13)17/h2-4,9-10,17H,5-8H2,1H3,(H,16,18). The second-order valence-electron chi connectivity index (χ2n) is 4.85. The number of phenolic OH excluding ortho intramolecular Hbond substituents is 1. The van der Waals surface area contributed by atoms with E-state index in [-0.39, 0.29) is 17.4 Å². The van der Waals surface area contributed by atoms with Gasteiger partial charge in [-0.05, 0) is 37.8 Å². The van der Waals surface area contributed by atoms with Crippen molar-refractivity contribution < 1.29 is 19.0 Å². The van der Waals surface area contributed by atoms with Gasteiger partial charge in [-0.2, -0.15) is 0 Å². The third-order valence-electron chi connectivity index (χ3n) is 3.55. The van der Waals surface area contributed by atoms with E-state index in [4.69, 9.17) is 4.74 Å². The van der Waals surface area contributed by atoms with E-state index in [1.165, 1.54) is 12.1 Å². The molecule has 0 saturated carbocycles. The van der Waals surface area contributed by atoms with Crippen molar-refractivity contribution in [1.29, 1.82) is 0 Å². The van der Waals surface area contributed by atoms with Gasteiger partial charge in [0.05, 0.1) is 0 Å². The Bertz CT molecular complexity index is 438. The number of aromatic hydroxyl groups is 1. The van der Waals surface area contributed by atoms with Crippen LogP contribution in [0.25, 0.3) is 0 Å². The van der Waals surface area contributed by atoms with E-state index in [9.17, 15) is 14.3 Å². The van der Waals surface area contributed by atoms with Gasteiger partial charge in [-0.15, -0.1) is 0 Å². The fraction of sp³-hybridized carbons (Fsp3) is 0.500. The number of ether oxygens (including phenoxy) is 1. The predicted octanol–water partition coefficient (Wildman–Crippen LogP) is 2.08. The second-order valence-corrected chi connectivity index (χ2v) is 4.85. The van der Waals surface area contributed by atoms with E-state index in [1.54, 1.807) is 0 Å². The van der Waals surface area contributed by atoms with Crippen LogP contribution in [0, 0.1) is 11.7 Å². The van der Waals surface area contributed by atoms with Crippen molar-refractivity contribution in [2.24, 2.45) is 5.92 Å². The highest BCUT2D eigenvalue weighted by Crippen LogP contribution is 2.22. The summed E-state index contributed by atoms with van der Waals surface area (Å²) in [5.41, 5.74) is -0.290. The zero-order chi connectivity index (χ0) is 13.8.